The fourth-order valence-electron chi connectivity index (χ4n) is 2.72. The molecular weight excluding hydrogens is 300 g/mol. The second-order valence-electron chi connectivity index (χ2n) is 5.56. The molecule has 0 spiro atoms. The fraction of sp³-hybridized carbons (Fsp3) is 0.438. The largest absolute Gasteiger partial charge is 0.472 e. The molecule has 3 heterocycles. The number of nitrogens with zero attached hydrogens (tertiary/aromatic N) is 1. The normalized spacial score (nSPS) is 17.6. The Morgan fingerprint density at radius 2 is 2.27 bits per heavy atom. The Morgan fingerprint density at radius 1 is 1.45 bits per heavy atom. The third kappa shape index (κ3) is 3.58. The Kier molecular flexibility index (Phi) is 4.92. The van der Waals surface area contributed by atoms with E-state index in [1.807, 2.05) is 21.7 Å². The molecule has 1 unspecified atom stereocenters. The van der Waals surface area contributed by atoms with Gasteiger partial charge in [-0.2, -0.15) is 11.3 Å². The summed E-state index contributed by atoms with van der Waals surface area (Å²) in [6.07, 6.45) is 4.36. The van der Waals surface area contributed by atoms with Crippen LogP contribution in [0.3, 0.4) is 0 Å². The highest BCUT2D eigenvalue weighted by atomic mass is 32.1. The number of carbonyl (C=O) groups is 1. The van der Waals surface area contributed by atoms with Gasteiger partial charge in [-0.25, -0.2) is 0 Å². The summed E-state index contributed by atoms with van der Waals surface area (Å²) >= 11 is 1.59. The number of piperidine rings is 1. The molecule has 0 saturated carbocycles. The highest BCUT2D eigenvalue weighted by molar-refractivity contribution is 7.07. The van der Waals surface area contributed by atoms with Gasteiger partial charge in [0.05, 0.1) is 17.9 Å². The first-order chi connectivity index (χ1) is 10.7. The first kappa shape index (κ1) is 15.3. The van der Waals surface area contributed by atoms with Gasteiger partial charge in [0.25, 0.3) is 5.91 Å². The summed E-state index contributed by atoms with van der Waals surface area (Å²) in [6.45, 7) is 2.02. The number of carbonyl (C=O) groups excluding carboxylic acids is 1. The maximum absolute atomic E-state index is 12.2. The van der Waals surface area contributed by atoms with Crippen LogP contribution >= 0.6 is 11.3 Å². The van der Waals surface area contributed by atoms with Crippen molar-refractivity contribution in [2.45, 2.75) is 25.0 Å². The van der Waals surface area contributed by atoms with Gasteiger partial charge in [-0.3, -0.25) is 4.79 Å². The molecule has 0 aliphatic carbocycles. The number of aliphatic hydroxyl groups excluding tert-OH is 1. The molecule has 2 aromatic heterocycles. The Labute approximate surface area is 133 Å². The summed E-state index contributed by atoms with van der Waals surface area (Å²) in [5, 5.41) is 17.4. The zero-order valence-corrected chi connectivity index (χ0v) is 13.1. The molecule has 6 heteroatoms. The van der Waals surface area contributed by atoms with Crippen LogP contribution in [0.15, 0.2) is 39.8 Å². The number of amides is 1. The molecular formula is C16H20N2O3S. The van der Waals surface area contributed by atoms with Crippen LogP contribution in [0.1, 0.15) is 34.9 Å². The monoisotopic (exact) mass is 320 g/mol. The van der Waals surface area contributed by atoms with Crippen LogP contribution in [0.25, 0.3) is 0 Å². The molecule has 1 amide bonds. The van der Waals surface area contributed by atoms with Crippen LogP contribution in [-0.4, -0.2) is 41.6 Å². The first-order valence-corrected chi connectivity index (χ1v) is 8.43. The Morgan fingerprint density at radius 3 is 2.91 bits per heavy atom. The third-order valence-corrected chi connectivity index (χ3v) is 4.78. The molecule has 1 aliphatic heterocycles. The summed E-state index contributed by atoms with van der Waals surface area (Å²) in [5.41, 5.74) is 1.57. The zero-order chi connectivity index (χ0) is 15.4. The van der Waals surface area contributed by atoms with E-state index in [2.05, 4.69) is 5.32 Å². The SMILES string of the molecule is O=C(c1ccoc1)N1CCC(NCC(O)c2ccsc2)CC1. The standard InChI is InChI=1S/C16H20N2O3S/c19-15(13-4-8-22-11-13)9-17-14-1-5-18(6-2-14)16(20)12-3-7-21-10-12/h3-4,7-8,10-11,14-15,17,19H,1-2,5-6,9H2. The van der Waals surface area contributed by atoms with Crippen molar-refractivity contribution < 1.29 is 14.3 Å². The highest BCUT2D eigenvalue weighted by Gasteiger charge is 2.24. The van der Waals surface area contributed by atoms with Crippen molar-refractivity contribution in [3.8, 4) is 0 Å². The van der Waals surface area contributed by atoms with Gasteiger partial charge in [0.2, 0.25) is 0 Å². The minimum absolute atomic E-state index is 0.0329. The highest BCUT2D eigenvalue weighted by Crippen LogP contribution is 2.18. The average molecular weight is 320 g/mol. The quantitative estimate of drug-likeness (QED) is 0.887. The lowest BCUT2D eigenvalue weighted by molar-refractivity contribution is 0.0697. The molecule has 0 aromatic carbocycles. The number of thiophene rings is 1. The lowest BCUT2D eigenvalue weighted by atomic mass is 10.0. The van der Waals surface area contributed by atoms with Crippen molar-refractivity contribution in [3.05, 3.63) is 46.5 Å². The van der Waals surface area contributed by atoms with Gasteiger partial charge in [0.15, 0.2) is 0 Å². The molecule has 22 heavy (non-hydrogen) atoms. The average Bonchev–Trinajstić information content (AvgIpc) is 3.25. The molecule has 1 fully saturated rings. The van der Waals surface area contributed by atoms with E-state index in [1.165, 1.54) is 12.5 Å². The van der Waals surface area contributed by atoms with E-state index in [1.54, 1.807) is 17.4 Å². The summed E-state index contributed by atoms with van der Waals surface area (Å²) in [6, 6.07) is 3.99. The van der Waals surface area contributed by atoms with Crippen molar-refractivity contribution in [2.24, 2.45) is 0 Å². The topological polar surface area (TPSA) is 65.7 Å². The Balaban J connectivity index is 1.43. The molecule has 3 rings (SSSR count). The number of aliphatic hydroxyl groups is 1. The van der Waals surface area contributed by atoms with Crippen LogP contribution in [-0.2, 0) is 0 Å². The van der Waals surface area contributed by atoms with Crippen LogP contribution in [0, 0.1) is 0 Å². The van der Waals surface area contributed by atoms with Gasteiger partial charge in [-0.15, -0.1) is 0 Å². The summed E-state index contributed by atoms with van der Waals surface area (Å²) < 4.78 is 4.96. The molecule has 5 nitrogen and oxygen atoms in total. The maximum Gasteiger partial charge on any atom is 0.257 e. The van der Waals surface area contributed by atoms with Crippen molar-refractivity contribution in [2.75, 3.05) is 19.6 Å². The molecule has 0 bridgehead atoms. The van der Waals surface area contributed by atoms with E-state index in [0.29, 0.717) is 18.2 Å². The van der Waals surface area contributed by atoms with E-state index in [4.69, 9.17) is 4.42 Å². The molecule has 118 valence electrons. The van der Waals surface area contributed by atoms with Gasteiger partial charge in [-0.05, 0) is 41.3 Å². The van der Waals surface area contributed by atoms with Crippen molar-refractivity contribution in [3.63, 3.8) is 0 Å². The van der Waals surface area contributed by atoms with Crippen molar-refractivity contribution in [1.29, 1.82) is 0 Å². The molecule has 1 atom stereocenters. The van der Waals surface area contributed by atoms with Crippen molar-refractivity contribution in [1.82, 2.24) is 10.2 Å². The van der Waals surface area contributed by atoms with E-state index in [0.717, 1.165) is 31.5 Å². The smallest absolute Gasteiger partial charge is 0.257 e. The maximum atomic E-state index is 12.2. The Hall–Kier alpha value is -1.63. The number of nitrogens with one attached hydrogen (secondary N) is 1. The molecule has 2 aromatic rings. The van der Waals surface area contributed by atoms with E-state index < -0.39 is 6.10 Å². The van der Waals surface area contributed by atoms with E-state index in [-0.39, 0.29) is 5.91 Å². The number of hydrogen-bond donors (Lipinski definition) is 2. The number of rotatable bonds is 5. The van der Waals surface area contributed by atoms with Gasteiger partial charge in [0.1, 0.15) is 6.26 Å². The van der Waals surface area contributed by atoms with Crippen LogP contribution in [0.5, 0.6) is 0 Å². The predicted octanol–water partition coefficient (Wildman–Crippen LogP) is 2.27. The molecule has 2 N–H and O–H groups in total. The van der Waals surface area contributed by atoms with Crippen LogP contribution in [0.2, 0.25) is 0 Å². The Bertz CT molecular complexity index is 575. The lowest BCUT2D eigenvalue weighted by Crippen LogP contribution is -2.45. The van der Waals surface area contributed by atoms with E-state index >= 15 is 0 Å². The lowest BCUT2D eigenvalue weighted by Gasteiger charge is -2.32. The number of likely N-dealkylation sites (tertiary alicyclic amines) is 1. The minimum atomic E-state index is -0.461. The second-order valence-corrected chi connectivity index (χ2v) is 6.34. The molecule has 0 radical (unpaired) electrons. The number of hydrogen-bond acceptors (Lipinski definition) is 5. The summed E-state index contributed by atoms with van der Waals surface area (Å²) in [4.78, 5) is 14.1. The van der Waals surface area contributed by atoms with Gasteiger partial charge < -0.3 is 19.7 Å². The number of furan rings is 1. The van der Waals surface area contributed by atoms with Gasteiger partial charge in [0, 0.05) is 25.7 Å². The summed E-state index contributed by atoms with van der Waals surface area (Å²) in [5.74, 6) is 0.0329. The first-order valence-electron chi connectivity index (χ1n) is 7.49. The minimum Gasteiger partial charge on any atom is -0.472 e. The second kappa shape index (κ2) is 7.09. The van der Waals surface area contributed by atoms with E-state index in [9.17, 15) is 9.90 Å². The summed E-state index contributed by atoms with van der Waals surface area (Å²) in [7, 11) is 0. The molecule has 1 saturated heterocycles. The van der Waals surface area contributed by atoms with Gasteiger partial charge >= 0.3 is 0 Å². The van der Waals surface area contributed by atoms with Gasteiger partial charge in [-0.1, -0.05) is 0 Å². The predicted molar refractivity (Wildman–Crippen MR) is 84.9 cm³/mol. The zero-order valence-electron chi connectivity index (χ0n) is 12.3. The van der Waals surface area contributed by atoms with Crippen LogP contribution in [0.4, 0.5) is 0 Å². The van der Waals surface area contributed by atoms with Crippen molar-refractivity contribution >= 4 is 17.2 Å². The van der Waals surface area contributed by atoms with Crippen LogP contribution < -0.4 is 5.32 Å². The molecule has 1 aliphatic rings. The third-order valence-electron chi connectivity index (χ3n) is 4.08. The fourth-order valence-corrected chi connectivity index (χ4v) is 3.42.